The van der Waals surface area contributed by atoms with Crippen molar-refractivity contribution in [2.24, 2.45) is 17.8 Å². The molecule has 1 aromatic rings. The number of Topliss-reactive ketones (excluding diaryl/α,β-unsaturated/α-hetero) is 1. The number of ether oxygens (including phenoxy) is 1. The van der Waals surface area contributed by atoms with Gasteiger partial charge >= 0.3 is 0 Å². The first-order chi connectivity index (χ1) is 18.2. The third kappa shape index (κ3) is 3.67. The van der Waals surface area contributed by atoms with Gasteiger partial charge in [-0.15, -0.1) is 0 Å². The maximum absolute atomic E-state index is 13.9. The molecule has 1 saturated carbocycles. The molecular weight excluding hydrogens is 550 g/mol. The lowest BCUT2D eigenvalue weighted by Gasteiger charge is -2.42. The van der Waals surface area contributed by atoms with E-state index in [9.17, 15) is 24.3 Å². The predicted octanol–water partition coefficient (Wildman–Crippen LogP) is 4.93. The highest BCUT2D eigenvalue weighted by Gasteiger charge is 2.57. The molecule has 1 heterocycles. The molecule has 7 nitrogen and oxygen atoms in total. The highest BCUT2D eigenvalue weighted by Crippen LogP contribution is 2.56. The Morgan fingerprint density at radius 3 is 2.47 bits per heavy atom. The van der Waals surface area contributed by atoms with Crippen LogP contribution in [0.2, 0.25) is 0 Å². The van der Waals surface area contributed by atoms with Crippen molar-refractivity contribution >= 4 is 39.3 Å². The average molecular weight is 580 g/mol. The molecule has 8 heteroatoms. The van der Waals surface area contributed by atoms with Crippen molar-refractivity contribution in [2.45, 2.75) is 63.8 Å². The Hall–Kier alpha value is -3.00. The molecule has 1 saturated heterocycles. The zero-order chi connectivity index (χ0) is 26.9. The number of amides is 2. The summed E-state index contributed by atoms with van der Waals surface area (Å²) < 4.78 is 5.80. The molecule has 0 spiro atoms. The van der Waals surface area contributed by atoms with Gasteiger partial charge in [0.25, 0.3) is 0 Å². The number of hydrogen-bond donors (Lipinski definition) is 1. The summed E-state index contributed by atoms with van der Waals surface area (Å²) >= 11 is 3.40. The van der Waals surface area contributed by atoms with Crippen molar-refractivity contribution in [2.75, 3.05) is 7.11 Å². The van der Waals surface area contributed by atoms with Gasteiger partial charge in [0.15, 0.2) is 23.1 Å². The van der Waals surface area contributed by atoms with Gasteiger partial charge < -0.3 is 9.84 Å². The molecule has 0 bridgehead atoms. The van der Waals surface area contributed by atoms with E-state index in [4.69, 9.17) is 4.74 Å². The molecule has 0 aromatic heterocycles. The van der Waals surface area contributed by atoms with Crippen molar-refractivity contribution in [3.05, 3.63) is 56.6 Å². The summed E-state index contributed by atoms with van der Waals surface area (Å²) in [5.41, 5.74) is 2.81. The number of rotatable bonds is 3. The lowest BCUT2D eigenvalue weighted by Crippen LogP contribution is -2.43. The molecule has 38 heavy (non-hydrogen) atoms. The third-order valence-electron chi connectivity index (χ3n) is 9.14. The Bertz CT molecular complexity index is 1380. The van der Waals surface area contributed by atoms with Crippen LogP contribution in [0, 0.1) is 17.8 Å². The lowest BCUT2D eigenvalue weighted by molar-refractivity contribution is -0.143. The van der Waals surface area contributed by atoms with E-state index in [0.29, 0.717) is 33.2 Å². The van der Waals surface area contributed by atoms with Crippen LogP contribution in [-0.4, -0.2) is 46.5 Å². The number of carbonyl (C=O) groups excluding carboxylic acids is 4. The molecule has 4 unspecified atom stereocenters. The fraction of sp³-hybridized carbons (Fsp3) is 0.467. The SMILES string of the molecule is COc1cc(C2C3=CCC4C(=O)N(C5CCCCC5)C(=O)C4C3CC3=C2C(=O)C(C)=CC3=O)cc(Br)c1O. The first-order valence-corrected chi connectivity index (χ1v) is 14.2. The zero-order valence-corrected chi connectivity index (χ0v) is 23.0. The van der Waals surface area contributed by atoms with Gasteiger partial charge in [-0.3, -0.25) is 24.1 Å². The van der Waals surface area contributed by atoms with Crippen LogP contribution in [0.25, 0.3) is 0 Å². The van der Waals surface area contributed by atoms with E-state index in [2.05, 4.69) is 15.9 Å². The second-order valence-electron chi connectivity index (χ2n) is 11.1. The standard InChI is InChI=1S/C30H30BrNO6/c1-14-10-22(33)20-13-19-17(24(26(20)27(14)34)15-11-21(31)28(35)23(12-15)38-2)8-9-18-25(19)30(37)32(29(18)36)16-6-4-3-5-7-16/h8,10-12,16,18-19,24-25,35H,3-7,9,13H2,1-2H3. The van der Waals surface area contributed by atoms with Crippen LogP contribution in [0.3, 0.4) is 0 Å². The zero-order valence-electron chi connectivity index (χ0n) is 21.5. The molecule has 5 aliphatic rings. The second kappa shape index (κ2) is 9.33. The quantitative estimate of drug-likeness (QED) is 0.309. The van der Waals surface area contributed by atoms with E-state index in [1.165, 1.54) is 13.2 Å². The summed E-state index contributed by atoms with van der Waals surface area (Å²) in [5.74, 6) is -2.35. The van der Waals surface area contributed by atoms with Crippen LogP contribution < -0.4 is 4.74 Å². The molecule has 0 radical (unpaired) electrons. The van der Waals surface area contributed by atoms with Crippen molar-refractivity contribution in [3.63, 3.8) is 0 Å². The number of hydrogen-bond acceptors (Lipinski definition) is 6. The molecule has 198 valence electrons. The Balaban J connectivity index is 1.49. The summed E-state index contributed by atoms with van der Waals surface area (Å²) in [6.45, 7) is 1.65. The van der Waals surface area contributed by atoms with Crippen LogP contribution in [0.5, 0.6) is 11.5 Å². The number of carbonyl (C=O) groups is 4. The van der Waals surface area contributed by atoms with Crippen LogP contribution in [-0.2, 0) is 19.2 Å². The van der Waals surface area contributed by atoms with Crippen molar-refractivity contribution < 1.29 is 29.0 Å². The van der Waals surface area contributed by atoms with E-state index in [0.717, 1.165) is 37.7 Å². The molecule has 1 N–H and O–H groups in total. The summed E-state index contributed by atoms with van der Waals surface area (Å²) in [4.78, 5) is 55.9. The number of ketones is 2. The van der Waals surface area contributed by atoms with E-state index < -0.39 is 17.8 Å². The van der Waals surface area contributed by atoms with Crippen molar-refractivity contribution in [1.82, 2.24) is 4.90 Å². The number of benzene rings is 1. The molecule has 4 aliphatic carbocycles. The Kier molecular flexibility index (Phi) is 6.21. The molecule has 1 aromatic carbocycles. The highest BCUT2D eigenvalue weighted by molar-refractivity contribution is 9.10. The van der Waals surface area contributed by atoms with Gasteiger partial charge in [0.2, 0.25) is 11.8 Å². The number of methoxy groups -OCH3 is 1. The minimum absolute atomic E-state index is 0.0484. The number of aromatic hydroxyl groups is 1. The van der Waals surface area contributed by atoms with E-state index in [-0.39, 0.29) is 53.3 Å². The highest BCUT2D eigenvalue weighted by atomic mass is 79.9. The van der Waals surface area contributed by atoms with Crippen molar-refractivity contribution in [3.8, 4) is 11.5 Å². The van der Waals surface area contributed by atoms with Crippen LogP contribution in [0.4, 0.5) is 0 Å². The minimum atomic E-state index is -0.581. The molecule has 1 aliphatic heterocycles. The van der Waals surface area contributed by atoms with Crippen LogP contribution >= 0.6 is 15.9 Å². The number of imide groups is 1. The van der Waals surface area contributed by atoms with Gasteiger partial charge in [-0.2, -0.15) is 0 Å². The van der Waals surface area contributed by atoms with E-state index in [1.807, 2.05) is 6.08 Å². The van der Waals surface area contributed by atoms with E-state index in [1.54, 1.807) is 24.0 Å². The number of nitrogens with zero attached hydrogens (tertiary/aromatic N) is 1. The second-order valence-corrected chi connectivity index (χ2v) is 12.0. The summed E-state index contributed by atoms with van der Waals surface area (Å²) in [5, 5.41) is 10.4. The van der Waals surface area contributed by atoms with Gasteiger partial charge in [-0.05, 0) is 78.2 Å². The smallest absolute Gasteiger partial charge is 0.233 e. The number of phenolic OH excluding ortho intramolecular Hbond substituents is 1. The lowest BCUT2D eigenvalue weighted by atomic mass is 9.59. The number of halogens is 1. The minimum Gasteiger partial charge on any atom is -0.503 e. The molecule has 6 rings (SSSR count). The number of fused-ring (bicyclic) bond motifs is 3. The molecule has 2 amide bonds. The fourth-order valence-electron chi connectivity index (χ4n) is 7.38. The van der Waals surface area contributed by atoms with Gasteiger partial charge in [-0.25, -0.2) is 0 Å². The van der Waals surface area contributed by atoms with Crippen LogP contribution in [0.1, 0.15) is 63.4 Å². The molecule has 2 fully saturated rings. The van der Waals surface area contributed by atoms with Gasteiger partial charge in [-0.1, -0.05) is 30.9 Å². The van der Waals surface area contributed by atoms with Crippen LogP contribution in [0.15, 0.2) is 51.0 Å². The van der Waals surface area contributed by atoms with Crippen molar-refractivity contribution in [1.29, 1.82) is 0 Å². The Labute approximate surface area is 229 Å². The summed E-state index contributed by atoms with van der Waals surface area (Å²) in [7, 11) is 1.45. The van der Waals surface area contributed by atoms with Gasteiger partial charge in [0.05, 0.1) is 23.4 Å². The summed E-state index contributed by atoms with van der Waals surface area (Å²) in [6, 6.07) is 3.38. The van der Waals surface area contributed by atoms with Gasteiger partial charge in [0, 0.05) is 28.7 Å². The number of phenols is 1. The third-order valence-corrected chi connectivity index (χ3v) is 9.75. The average Bonchev–Trinajstić information content (AvgIpc) is 3.17. The Morgan fingerprint density at radius 1 is 1.03 bits per heavy atom. The fourth-order valence-corrected chi connectivity index (χ4v) is 7.84. The number of allylic oxidation sites excluding steroid dienone is 6. The monoisotopic (exact) mass is 579 g/mol. The largest absolute Gasteiger partial charge is 0.503 e. The first kappa shape index (κ1) is 25.3. The topological polar surface area (TPSA) is 101 Å². The normalized spacial score (nSPS) is 29.6. The number of likely N-dealkylation sites (tertiary alicyclic amines) is 1. The molecular formula is C30H30BrNO6. The van der Waals surface area contributed by atoms with E-state index >= 15 is 0 Å². The molecule has 4 atom stereocenters. The predicted molar refractivity (Wildman–Crippen MR) is 142 cm³/mol. The van der Waals surface area contributed by atoms with Gasteiger partial charge in [0.1, 0.15) is 0 Å². The summed E-state index contributed by atoms with van der Waals surface area (Å²) in [6.07, 6.45) is 8.95. The Morgan fingerprint density at radius 2 is 1.76 bits per heavy atom. The first-order valence-electron chi connectivity index (χ1n) is 13.4. The maximum atomic E-state index is 13.9. The maximum Gasteiger partial charge on any atom is 0.233 e.